The molecule has 0 saturated carbocycles. The number of morpholine rings is 1. The Kier molecular flexibility index (Phi) is 5.94. The van der Waals surface area contributed by atoms with E-state index in [1.165, 1.54) is 23.5 Å². The van der Waals surface area contributed by atoms with Gasteiger partial charge < -0.3 is 15.8 Å². The summed E-state index contributed by atoms with van der Waals surface area (Å²) in [5.74, 6) is -0.946. The van der Waals surface area contributed by atoms with Crippen LogP contribution >= 0.6 is 11.3 Å². The van der Waals surface area contributed by atoms with Gasteiger partial charge in [-0.15, -0.1) is 11.3 Å². The van der Waals surface area contributed by atoms with Gasteiger partial charge in [0.1, 0.15) is 10.8 Å². The topological polar surface area (TPSA) is 84.7 Å². The van der Waals surface area contributed by atoms with E-state index in [1.54, 1.807) is 12.1 Å². The fourth-order valence-corrected chi connectivity index (χ4v) is 5.32. The highest BCUT2D eigenvalue weighted by Crippen LogP contribution is 2.37. The molecule has 1 fully saturated rings. The third-order valence-electron chi connectivity index (χ3n) is 5.43. The molecule has 1 unspecified atom stereocenters. The van der Waals surface area contributed by atoms with Crippen molar-refractivity contribution in [2.24, 2.45) is 5.73 Å². The molecule has 1 aromatic carbocycles. The molecule has 8 heteroatoms. The molecule has 1 atom stereocenters. The van der Waals surface area contributed by atoms with E-state index in [2.05, 4.69) is 5.32 Å². The van der Waals surface area contributed by atoms with Crippen molar-refractivity contribution in [3.05, 3.63) is 51.7 Å². The number of aryl methyl sites for hydroxylation is 1. The lowest BCUT2D eigenvalue weighted by Gasteiger charge is -2.32. The second-order valence-electron chi connectivity index (χ2n) is 7.47. The summed E-state index contributed by atoms with van der Waals surface area (Å²) < 4.78 is 18.9. The molecule has 6 nitrogen and oxygen atoms in total. The number of rotatable bonds is 5. The number of hydrogen-bond donors (Lipinski definition) is 2. The van der Waals surface area contributed by atoms with Gasteiger partial charge in [0.2, 0.25) is 5.91 Å². The molecular weight excluding hydrogens is 393 g/mol. The van der Waals surface area contributed by atoms with Crippen molar-refractivity contribution in [1.82, 2.24) is 4.90 Å². The normalized spacial score (nSPS) is 19.6. The Labute approximate surface area is 172 Å². The smallest absolute Gasteiger partial charge is 0.251 e. The number of hydrogen-bond acceptors (Lipinski definition) is 5. The van der Waals surface area contributed by atoms with Gasteiger partial charge in [-0.05, 0) is 48.9 Å². The van der Waals surface area contributed by atoms with E-state index >= 15 is 0 Å². The van der Waals surface area contributed by atoms with Gasteiger partial charge in [-0.3, -0.25) is 14.5 Å². The Morgan fingerprint density at radius 3 is 2.76 bits per heavy atom. The van der Waals surface area contributed by atoms with Crippen LogP contribution in [-0.4, -0.2) is 43.0 Å². The predicted molar refractivity (Wildman–Crippen MR) is 110 cm³/mol. The van der Waals surface area contributed by atoms with Crippen molar-refractivity contribution < 1.29 is 18.7 Å². The van der Waals surface area contributed by atoms with E-state index in [0.717, 1.165) is 41.7 Å². The lowest BCUT2D eigenvalue weighted by Crippen LogP contribution is -2.42. The highest BCUT2D eigenvalue weighted by atomic mass is 32.1. The zero-order chi connectivity index (χ0) is 20.4. The monoisotopic (exact) mass is 417 g/mol. The van der Waals surface area contributed by atoms with E-state index in [4.69, 9.17) is 10.5 Å². The van der Waals surface area contributed by atoms with Crippen LogP contribution < -0.4 is 11.1 Å². The number of amides is 2. The molecule has 2 aromatic rings. The number of primary amides is 1. The standard InChI is InChI=1S/C21H24FN3O3S/c22-14-7-5-13(6-8-14)16-11-25(9-10-28-16)12-18(26)24-21-19(20(23)27)15-3-1-2-4-17(15)29-21/h5-8,16H,1-4,9-12H2,(H2,23,27)(H,24,26). The average Bonchev–Trinajstić information content (AvgIpc) is 3.06. The third-order valence-corrected chi connectivity index (χ3v) is 6.64. The Hall–Kier alpha value is -2.29. The van der Waals surface area contributed by atoms with Crippen LogP contribution in [0.4, 0.5) is 9.39 Å². The lowest BCUT2D eigenvalue weighted by molar-refractivity contribution is -0.119. The summed E-state index contributed by atoms with van der Waals surface area (Å²) in [4.78, 5) is 27.8. The number of nitrogens with one attached hydrogen (secondary N) is 1. The van der Waals surface area contributed by atoms with Crippen molar-refractivity contribution in [2.75, 3.05) is 31.6 Å². The largest absolute Gasteiger partial charge is 0.371 e. The second-order valence-corrected chi connectivity index (χ2v) is 8.58. The molecule has 2 heterocycles. The molecule has 0 bridgehead atoms. The lowest BCUT2D eigenvalue weighted by atomic mass is 9.95. The Balaban J connectivity index is 1.41. The van der Waals surface area contributed by atoms with Gasteiger partial charge in [-0.1, -0.05) is 12.1 Å². The van der Waals surface area contributed by atoms with E-state index in [0.29, 0.717) is 30.3 Å². The number of thiophene rings is 1. The summed E-state index contributed by atoms with van der Waals surface area (Å²) in [5.41, 5.74) is 7.97. The first kappa shape index (κ1) is 20.0. The summed E-state index contributed by atoms with van der Waals surface area (Å²) in [6, 6.07) is 6.24. The molecule has 4 rings (SSSR count). The summed E-state index contributed by atoms with van der Waals surface area (Å²) >= 11 is 1.47. The Morgan fingerprint density at radius 1 is 1.24 bits per heavy atom. The van der Waals surface area contributed by atoms with Crippen LogP contribution in [0.3, 0.4) is 0 Å². The number of nitrogens with zero attached hydrogens (tertiary/aromatic N) is 1. The van der Waals surface area contributed by atoms with Gasteiger partial charge >= 0.3 is 0 Å². The van der Waals surface area contributed by atoms with E-state index in [-0.39, 0.29) is 24.4 Å². The molecule has 29 heavy (non-hydrogen) atoms. The van der Waals surface area contributed by atoms with Gasteiger partial charge in [0.05, 0.1) is 24.8 Å². The van der Waals surface area contributed by atoms with E-state index in [9.17, 15) is 14.0 Å². The van der Waals surface area contributed by atoms with Crippen LogP contribution in [-0.2, 0) is 22.4 Å². The van der Waals surface area contributed by atoms with Crippen molar-refractivity contribution >= 4 is 28.2 Å². The van der Waals surface area contributed by atoms with Crippen LogP contribution in [0, 0.1) is 5.82 Å². The van der Waals surface area contributed by atoms with Crippen molar-refractivity contribution in [1.29, 1.82) is 0 Å². The molecule has 1 aliphatic carbocycles. The minimum Gasteiger partial charge on any atom is -0.371 e. The first-order valence-electron chi connectivity index (χ1n) is 9.85. The molecule has 1 saturated heterocycles. The fraction of sp³-hybridized carbons (Fsp3) is 0.429. The number of benzene rings is 1. The first-order chi connectivity index (χ1) is 14.0. The minimum absolute atomic E-state index is 0.175. The molecule has 0 spiro atoms. The molecule has 1 aromatic heterocycles. The van der Waals surface area contributed by atoms with Gasteiger partial charge in [-0.2, -0.15) is 0 Å². The van der Waals surface area contributed by atoms with Gasteiger partial charge in [0.25, 0.3) is 5.91 Å². The van der Waals surface area contributed by atoms with Crippen LogP contribution in [0.15, 0.2) is 24.3 Å². The highest BCUT2D eigenvalue weighted by Gasteiger charge is 2.27. The summed E-state index contributed by atoms with van der Waals surface area (Å²) in [7, 11) is 0. The van der Waals surface area contributed by atoms with Gasteiger partial charge in [0.15, 0.2) is 0 Å². The number of anilines is 1. The first-order valence-corrected chi connectivity index (χ1v) is 10.7. The molecule has 0 radical (unpaired) electrons. The van der Waals surface area contributed by atoms with E-state index in [1.807, 2.05) is 4.90 Å². The second kappa shape index (κ2) is 8.61. The highest BCUT2D eigenvalue weighted by molar-refractivity contribution is 7.17. The fourth-order valence-electron chi connectivity index (χ4n) is 4.01. The summed E-state index contributed by atoms with van der Waals surface area (Å²) in [6.45, 7) is 1.87. The zero-order valence-corrected chi connectivity index (χ0v) is 16.9. The van der Waals surface area contributed by atoms with Crippen LogP contribution in [0.2, 0.25) is 0 Å². The maximum absolute atomic E-state index is 13.1. The number of fused-ring (bicyclic) bond motifs is 1. The van der Waals surface area contributed by atoms with E-state index < -0.39 is 5.91 Å². The summed E-state index contributed by atoms with van der Waals surface area (Å²) in [6.07, 6.45) is 3.70. The average molecular weight is 418 g/mol. The number of ether oxygens (including phenoxy) is 1. The SMILES string of the molecule is NC(=O)c1c(NC(=O)CN2CCOC(c3ccc(F)cc3)C2)sc2c1CCCC2. The maximum Gasteiger partial charge on any atom is 0.251 e. The van der Waals surface area contributed by atoms with Crippen LogP contribution in [0.5, 0.6) is 0 Å². The molecule has 2 amide bonds. The minimum atomic E-state index is -0.484. The number of carbonyl (C=O) groups is 2. The Bertz CT molecular complexity index is 913. The summed E-state index contributed by atoms with van der Waals surface area (Å²) in [5, 5.41) is 3.47. The van der Waals surface area contributed by atoms with Crippen LogP contribution in [0.25, 0.3) is 0 Å². The number of nitrogens with two attached hydrogens (primary N) is 1. The van der Waals surface area contributed by atoms with Crippen molar-refractivity contribution in [3.8, 4) is 0 Å². The quantitative estimate of drug-likeness (QED) is 0.784. The Morgan fingerprint density at radius 2 is 2.00 bits per heavy atom. The third kappa shape index (κ3) is 4.49. The van der Waals surface area contributed by atoms with Crippen molar-refractivity contribution in [3.63, 3.8) is 0 Å². The maximum atomic E-state index is 13.1. The number of halogens is 1. The molecular formula is C21H24FN3O3S. The molecule has 3 N–H and O–H groups in total. The van der Waals surface area contributed by atoms with Gasteiger partial charge in [-0.25, -0.2) is 4.39 Å². The molecule has 154 valence electrons. The van der Waals surface area contributed by atoms with Gasteiger partial charge in [0, 0.05) is 18.0 Å². The molecule has 2 aliphatic rings. The van der Waals surface area contributed by atoms with Crippen molar-refractivity contribution in [2.45, 2.75) is 31.8 Å². The number of carbonyl (C=O) groups excluding carboxylic acids is 2. The zero-order valence-electron chi connectivity index (χ0n) is 16.1. The predicted octanol–water partition coefficient (Wildman–Crippen LogP) is 2.88. The van der Waals surface area contributed by atoms with Crippen LogP contribution in [0.1, 0.15) is 45.3 Å². The molecule has 1 aliphatic heterocycles.